The number of fused-ring (bicyclic) bond motifs is 5. The van der Waals surface area contributed by atoms with Crippen LogP contribution in [0, 0.1) is 4.77 Å². The van der Waals surface area contributed by atoms with Gasteiger partial charge < -0.3 is 5.32 Å². The first-order chi connectivity index (χ1) is 8.24. The van der Waals surface area contributed by atoms with Gasteiger partial charge >= 0.3 is 0 Å². The molecule has 4 nitrogen and oxygen atoms in total. The number of nitrogens with zero attached hydrogens (tertiary/aromatic N) is 2. The second kappa shape index (κ2) is 3.14. The SMILES string of the molecule is O=C1Cn2c(c3c4c(sc3nc2=S)CCC4)N1. The molecular weight excluding hydrogens is 254 g/mol. The fourth-order valence-corrected chi connectivity index (χ4v) is 4.25. The van der Waals surface area contributed by atoms with Crippen molar-refractivity contribution in [3.8, 4) is 0 Å². The lowest BCUT2D eigenvalue weighted by atomic mass is 10.2. The van der Waals surface area contributed by atoms with Crippen molar-refractivity contribution < 1.29 is 4.79 Å². The Hall–Kier alpha value is -1.27. The van der Waals surface area contributed by atoms with Gasteiger partial charge in [-0.1, -0.05) is 0 Å². The fourth-order valence-electron chi connectivity index (χ4n) is 2.68. The summed E-state index contributed by atoms with van der Waals surface area (Å²) in [6, 6.07) is 0. The zero-order valence-electron chi connectivity index (χ0n) is 8.95. The van der Waals surface area contributed by atoms with Crippen LogP contribution in [0.1, 0.15) is 16.9 Å². The van der Waals surface area contributed by atoms with Gasteiger partial charge in [0.2, 0.25) is 10.7 Å². The Morgan fingerprint density at radius 2 is 2.29 bits per heavy atom. The van der Waals surface area contributed by atoms with Crippen LogP contribution in [-0.4, -0.2) is 15.5 Å². The van der Waals surface area contributed by atoms with Gasteiger partial charge in [-0.25, -0.2) is 4.98 Å². The van der Waals surface area contributed by atoms with Crippen molar-refractivity contribution in [2.75, 3.05) is 5.32 Å². The Labute approximate surface area is 106 Å². The maximum Gasteiger partial charge on any atom is 0.245 e. The number of nitrogens with one attached hydrogen (secondary N) is 1. The molecule has 0 unspecified atom stereocenters. The summed E-state index contributed by atoms with van der Waals surface area (Å²) in [5.41, 5.74) is 1.37. The van der Waals surface area contributed by atoms with Crippen LogP contribution >= 0.6 is 23.6 Å². The largest absolute Gasteiger partial charge is 0.310 e. The second-order valence-electron chi connectivity index (χ2n) is 4.41. The number of anilines is 1. The number of carbonyl (C=O) groups excluding carboxylic acids is 1. The van der Waals surface area contributed by atoms with E-state index >= 15 is 0 Å². The fraction of sp³-hybridized carbons (Fsp3) is 0.364. The van der Waals surface area contributed by atoms with E-state index in [0.717, 1.165) is 28.9 Å². The van der Waals surface area contributed by atoms with Crippen molar-refractivity contribution in [2.24, 2.45) is 0 Å². The lowest BCUT2D eigenvalue weighted by Gasteiger charge is -2.04. The van der Waals surface area contributed by atoms with E-state index < -0.39 is 0 Å². The zero-order valence-corrected chi connectivity index (χ0v) is 10.6. The van der Waals surface area contributed by atoms with E-state index in [1.807, 2.05) is 4.57 Å². The van der Waals surface area contributed by atoms with Crippen LogP contribution < -0.4 is 5.32 Å². The lowest BCUT2D eigenvalue weighted by molar-refractivity contribution is -0.115. The summed E-state index contributed by atoms with van der Waals surface area (Å²) in [5.74, 6) is 0.868. The van der Waals surface area contributed by atoms with E-state index in [1.54, 1.807) is 11.3 Å². The summed E-state index contributed by atoms with van der Waals surface area (Å²) in [4.78, 5) is 18.4. The molecule has 0 saturated carbocycles. The van der Waals surface area contributed by atoms with Crippen molar-refractivity contribution in [3.05, 3.63) is 15.2 Å². The Bertz CT molecular complexity index is 728. The van der Waals surface area contributed by atoms with Gasteiger partial charge in [0.25, 0.3) is 0 Å². The van der Waals surface area contributed by atoms with Crippen LogP contribution in [0.25, 0.3) is 10.2 Å². The smallest absolute Gasteiger partial charge is 0.245 e. The quantitative estimate of drug-likeness (QED) is 0.742. The molecule has 0 atom stereocenters. The molecule has 1 amide bonds. The van der Waals surface area contributed by atoms with Crippen LogP contribution in [0.3, 0.4) is 0 Å². The molecule has 2 aromatic rings. The third-order valence-electron chi connectivity index (χ3n) is 3.40. The number of rotatable bonds is 0. The number of aromatic nitrogens is 2. The van der Waals surface area contributed by atoms with E-state index in [1.165, 1.54) is 16.9 Å². The monoisotopic (exact) mass is 263 g/mol. The predicted molar refractivity (Wildman–Crippen MR) is 69.1 cm³/mol. The third kappa shape index (κ3) is 1.19. The van der Waals surface area contributed by atoms with Gasteiger partial charge in [-0.3, -0.25) is 9.36 Å². The highest BCUT2D eigenvalue weighted by atomic mass is 32.1. The minimum absolute atomic E-state index is 0.00310. The Morgan fingerprint density at radius 1 is 1.41 bits per heavy atom. The molecule has 0 radical (unpaired) electrons. The number of thiophene rings is 1. The highest BCUT2D eigenvalue weighted by molar-refractivity contribution is 7.71. The Kier molecular flexibility index (Phi) is 1.80. The molecule has 0 saturated heterocycles. The van der Waals surface area contributed by atoms with E-state index in [9.17, 15) is 4.79 Å². The topological polar surface area (TPSA) is 46.9 Å². The highest BCUT2D eigenvalue weighted by Gasteiger charge is 2.27. The summed E-state index contributed by atoms with van der Waals surface area (Å²) in [6.07, 6.45) is 3.44. The van der Waals surface area contributed by atoms with Gasteiger partial charge in [0.05, 0.1) is 5.39 Å². The molecule has 0 aromatic carbocycles. The molecule has 2 aliphatic rings. The summed E-state index contributed by atoms with van der Waals surface area (Å²) in [5, 5.41) is 4.05. The average molecular weight is 263 g/mol. The molecule has 0 bridgehead atoms. The van der Waals surface area contributed by atoms with Crippen LogP contribution in [0.2, 0.25) is 0 Å². The first-order valence-corrected chi connectivity index (χ1v) is 6.81. The van der Waals surface area contributed by atoms with Crippen molar-refractivity contribution >= 4 is 45.5 Å². The molecule has 1 aliphatic heterocycles. The molecule has 0 spiro atoms. The minimum Gasteiger partial charge on any atom is -0.310 e. The molecule has 2 aromatic heterocycles. The lowest BCUT2D eigenvalue weighted by Crippen LogP contribution is -2.05. The molecule has 17 heavy (non-hydrogen) atoms. The van der Waals surface area contributed by atoms with Gasteiger partial charge in [0.1, 0.15) is 17.2 Å². The minimum atomic E-state index is 0.00310. The number of carbonyl (C=O) groups is 1. The van der Waals surface area contributed by atoms with Crippen molar-refractivity contribution in [2.45, 2.75) is 25.8 Å². The summed E-state index contributed by atoms with van der Waals surface area (Å²) in [6.45, 7) is 0.307. The van der Waals surface area contributed by atoms with Gasteiger partial charge in [-0.05, 0) is 37.0 Å². The Balaban J connectivity index is 2.18. The second-order valence-corrected chi connectivity index (χ2v) is 5.86. The molecule has 6 heteroatoms. The van der Waals surface area contributed by atoms with Gasteiger partial charge in [0.15, 0.2) is 0 Å². The van der Waals surface area contributed by atoms with Crippen LogP contribution in [0.5, 0.6) is 0 Å². The van der Waals surface area contributed by atoms with E-state index in [-0.39, 0.29) is 5.91 Å². The normalized spacial score (nSPS) is 17.3. The van der Waals surface area contributed by atoms with E-state index in [2.05, 4.69) is 10.3 Å². The highest BCUT2D eigenvalue weighted by Crippen LogP contribution is 2.40. The summed E-state index contributed by atoms with van der Waals surface area (Å²) in [7, 11) is 0. The Morgan fingerprint density at radius 3 is 3.18 bits per heavy atom. The van der Waals surface area contributed by atoms with Gasteiger partial charge in [-0.2, -0.15) is 0 Å². The van der Waals surface area contributed by atoms with E-state index in [0.29, 0.717) is 11.3 Å². The number of aryl methyl sites for hydroxylation is 2. The standard InChI is InChI=1S/C11H9N3OS2/c15-7-4-14-9(12-7)8-5-2-1-3-6(5)17-10(8)13-11(14)16/h1-4H2,(H,12,15). The van der Waals surface area contributed by atoms with Crippen LogP contribution in [-0.2, 0) is 24.2 Å². The van der Waals surface area contributed by atoms with Crippen LogP contribution in [0.15, 0.2) is 0 Å². The first kappa shape index (κ1) is 9.73. The molecule has 3 heterocycles. The van der Waals surface area contributed by atoms with Gasteiger partial charge in [0, 0.05) is 4.88 Å². The van der Waals surface area contributed by atoms with Crippen molar-refractivity contribution in [1.82, 2.24) is 9.55 Å². The first-order valence-electron chi connectivity index (χ1n) is 5.59. The van der Waals surface area contributed by atoms with E-state index in [4.69, 9.17) is 12.2 Å². The van der Waals surface area contributed by atoms with Crippen molar-refractivity contribution in [1.29, 1.82) is 0 Å². The molecular formula is C11H9N3OS2. The third-order valence-corrected chi connectivity index (χ3v) is 4.89. The molecule has 4 rings (SSSR count). The molecule has 1 aliphatic carbocycles. The average Bonchev–Trinajstić information content (AvgIpc) is 2.90. The number of hydrogen-bond acceptors (Lipinski definition) is 4. The van der Waals surface area contributed by atoms with Crippen LogP contribution in [0.4, 0.5) is 5.82 Å². The zero-order chi connectivity index (χ0) is 11.6. The molecule has 1 N–H and O–H groups in total. The molecule has 0 fully saturated rings. The molecule has 86 valence electrons. The maximum absolute atomic E-state index is 11.5. The maximum atomic E-state index is 11.5. The van der Waals surface area contributed by atoms with Crippen molar-refractivity contribution in [3.63, 3.8) is 0 Å². The number of hydrogen-bond donors (Lipinski definition) is 1. The van der Waals surface area contributed by atoms with Gasteiger partial charge in [-0.15, -0.1) is 11.3 Å². The summed E-state index contributed by atoms with van der Waals surface area (Å²) < 4.78 is 2.32. The summed E-state index contributed by atoms with van der Waals surface area (Å²) >= 11 is 6.96. The predicted octanol–water partition coefficient (Wildman–Crippen LogP) is 2.27. The number of amides is 1.